The molecule has 0 saturated heterocycles. The summed E-state index contributed by atoms with van der Waals surface area (Å²) < 4.78 is 5.61. The van der Waals surface area contributed by atoms with Gasteiger partial charge in [0.2, 0.25) is 0 Å². The molecular weight excluding hydrogens is 322 g/mol. The van der Waals surface area contributed by atoms with Gasteiger partial charge in [0.15, 0.2) is 5.78 Å². The number of aryl methyl sites for hydroxylation is 1. The maximum Gasteiger partial charge on any atom is 0.187 e. The molecule has 0 spiro atoms. The van der Waals surface area contributed by atoms with Crippen molar-refractivity contribution in [1.29, 1.82) is 0 Å². The van der Waals surface area contributed by atoms with Crippen LogP contribution < -0.4 is 10.1 Å². The van der Waals surface area contributed by atoms with Crippen molar-refractivity contribution in [3.8, 4) is 5.75 Å². The molecule has 3 nitrogen and oxygen atoms in total. The van der Waals surface area contributed by atoms with Gasteiger partial charge in [-0.2, -0.15) is 0 Å². The van der Waals surface area contributed by atoms with Crippen LogP contribution in [0.3, 0.4) is 0 Å². The van der Waals surface area contributed by atoms with E-state index in [1.54, 1.807) is 24.4 Å². The zero-order chi connectivity index (χ0) is 18.6. The van der Waals surface area contributed by atoms with Crippen molar-refractivity contribution in [1.82, 2.24) is 0 Å². The zero-order valence-electron chi connectivity index (χ0n) is 15.8. The molecule has 0 saturated carbocycles. The van der Waals surface area contributed by atoms with Gasteiger partial charge in [-0.3, -0.25) is 4.79 Å². The first-order chi connectivity index (χ1) is 12.7. The summed E-state index contributed by atoms with van der Waals surface area (Å²) in [5, 5.41) is 3.15. The number of ether oxygens (including phenoxy) is 1. The van der Waals surface area contributed by atoms with Crippen LogP contribution in [0.1, 0.15) is 55.5 Å². The van der Waals surface area contributed by atoms with Crippen molar-refractivity contribution in [2.45, 2.75) is 46.0 Å². The number of allylic oxidation sites excluding steroid dienone is 1. The molecule has 3 heteroatoms. The Hall–Kier alpha value is -2.55. The molecule has 0 aliphatic carbocycles. The summed E-state index contributed by atoms with van der Waals surface area (Å²) in [5.41, 5.74) is 2.98. The average Bonchev–Trinajstić information content (AvgIpc) is 2.68. The Kier molecular flexibility index (Phi) is 8.47. The summed E-state index contributed by atoms with van der Waals surface area (Å²) in [6.45, 7) is 5.04. The highest BCUT2D eigenvalue weighted by molar-refractivity contribution is 6.04. The second-order valence-electron chi connectivity index (χ2n) is 6.37. The number of unbranched alkanes of at least 4 members (excludes halogenated alkanes) is 2. The minimum atomic E-state index is -0.0304. The predicted molar refractivity (Wildman–Crippen MR) is 109 cm³/mol. The molecule has 0 aromatic heterocycles. The lowest BCUT2D eigenvalue weighted by molar-refractivity contribution is 0.104. The van der Waals surface area contributed by atoms with Crippen LogP contribution in [0.15, 0.2) is 60.8 Å². The van der Waals surface area contributed by atoms with Gasteiger partial charge < -0.3 is 10.1 Å². The summed E-state index contributed by atoms with van der Waals surface area (Å²) in [7, 11) is 0. The monoisotopic (exact) mass is 351 g/mol. The molecule has 0 radical (unpaired) electrons. The third-order valence-corrected chi connectivity index (χ3v) is 4.16. The van der Waals surface area contributed by atoms with E-state index in [0.717, 1.165) is 30.7 Å². The van der Waals surface area contributed by atoms with Gasteiger partial charge in [0.25, 0.3) is 0 Å². The number of hydrogen-bond donors (Lipinski definition) is 1. The summed E-state index contributed by atoms with van der Waals surface area (Å²) >= 11 is 0. The highest BCUT2D eigenvalue weighted by Gasteiger charge is 2.02. The van der Waals surface area contributed by atoms with Crippen molar-refractivity contribution in [2.75, 3.05) is 11.9 Å². The van der Waals surface area contributed by atoms with E-state index in [4.69, 9.17) is 4.74 Å². The summed E-state index contributed by atoms with van der Waals surface area (Å²) in [5.74, 6) is 0.775. The minimum absolute atomic E-state index is 0.0304. The normalized spacial score (nSPS) is 10.8. The van der Waals surface area contributed by atoms with E-state index in [9.17, 15) is 4.79 Å². The van der Waals surface area contributed by atoms with Gasteiger partial charge in [0.1, 0.15) is 5.75 Å². The number of carbonyl (C=O) groups excluding carboxylic acids is 1. The highest BCUT2D eigenvalue weighted by Crippen LogP contribution is 2.14. The third-order valence-electron chi connectivity index (χ3n) is 4.16. The lowest BCUT2D eigenvalue weighted by Gasteiger charge is -2.05. The van der Waals surface area contributed by atoms with Crippen molar-refractivity contribution in [2.24, 2.45) is 0 Å². The molecule has 2 rings (SSSR count). The molecular formula is C23H29NO2. The number of nitrogens with one attached hydrogen (secondary N) is 1. The molecule has 138 valence electrons. The zero-order valence-corrected chi connectivity index (χ0v) is 15.8. The van der Waals surface area contributed by atoms with Crippen LogP contribution >= 0.6 is 0 Å². The molecule has 0 unspecified atom stereocenters. The number of rotatable bonds is 11. The molecule has 2 aromatic carbocycles. The summed E-state index contributed by atoms with van der Waals surface area (Å²) in [6, 6.07) is 15.6. The van der Waals surface area contributed by atoms with Gasteiger partial charge in [-0.15, -0.1) is 0 Å². The maximum absolute atomic E-state index is 12.2. The fraction of sp³-hybridized carbons (Fsp3) is 0.348. The molecule has 0 heterocycles. The predicted octanol–water partition coefficient (Wildman–Crippen LogP) is 6.02. The number of carbonyl (C=O) groups is 1. The van der Waals surface area contributed by atoms with Crippen molar-refractivity contribution >= 4 is 11.5 Å². The average molecular weight is 351 g/mol. The van der Waals surface area contributed by atoms with E-state index >= 15 is 0 Å². The summed E-state index contributed by atoms with van der Waals surface area (Å²) in [6.07, 6.45) is 8.92. The van der Waals surface area contributed by atoms with E-state index in [1.807, 2.05) is 24.3 Å². The molecule has 26 heavy (non-hydrogen) atoms. The van der Waals surface area contributed by atoms with E-state index in [2.05, 4.69) is 31.3 Å². The topological polar surface area (TPSA) is 38.3 Å². The number of benzene rings is 2. The molecule has 0 atom stereocenters. The molecule has 0 amide bonds. The van der Waals surface area contributed by atoms with Crippen LogP contribution in [0.2, 0.25) is 0 Å². The lowest BCUT2D eigenvalue weighted by Crippen LogP contribution is -1.99. The Balaban J connectivity index is 1.82. The Labute approximate surface area is 157 Å². The molecule has 0 bridgehead atoms. The standard InChI is InChI=1S/C23H29NO2/c1-3-5-7-19-8-12-21(13-9-19)24-17-16-23(25)20-10-14-22(15-11-20)26-18-6-4-2/h8-17,24H,3-7,18H2,1-2H3/b17-16+. The first-order valence-corrected chi connectivity index (χ1v) is 9.52. The van der Waals surface area contributed by atoms with Crippen LogP contribution in [-0.2, 0) is 6.42 Å². The highest BCUT2D eigenvalue weighted by atomic mass is 16.5. The lowest BCUT2D eigenvalue weighted by atomic mass is 10.1. The van der Waals surface area contributed by atoms with Gasteiger partial charge in [-0.25, -0.2) is 0 Å². The fourth-order valence-electron chi connectivity index (χ4n) is 2.51. The Morgan fingerprint density at radius 2 is 1.65 bits per heavy atom. The second-order valence-corrected chi connectivity index (χ2v) is 6.37. The quantitative estimate of drug-likeness (QED) is 0.306. The van der Waals surface area contributed by atoms with Gasteiger partial charge in [-0.05, 0) is 61.2 Å². The first-order valence-electron chi connectivity index (χ1n) is 9.52. The van der Waals surface area contributed by atoms with E-state index in [1.165, 1.54) is 18.4 Å². The van der Waals surface area contributed by atoms with Crippen LogP contribution in [-0.4, -0.2) is 12.4 Å². The molecule has 0 aliphatic heterocycles. The molecule has 1 N–H and O–H groups in total. The summed E-state index contributed by atoms with van der Waals surface area (Å²) in [4.78, 5) is 12.2. The van der Waals surface area contributed by atoms with Gasteiger partial charge in [-0.1, -0.05) is 38.8 Å². The van der Waals surface area contributed by atoms with Gasteiger partial charge >= 0.3 is 0 Å². The van der Waals surface area contributed by atoms with E-state index in [0.29, 0.717) is 12.2 Å². The Morgan fingerprint density at radius 1 is 0.962 bits per heavy atom. The second kappa shape index (κ2) is 11.1. The van der Waals surface area contributed by atoms with Crippen LogP contribution in [0.4, 0.5) is 5.69 Å². The fourth-order valence-corrected chi connectivity index (χ4v) is 2.51. The Morgan fingerprint density at radius 3 is 2.31 bits per heavy atom. The van der Waals surface area contributed by atoms with E-state index < -0.39 is 0 Å². The van der Waals surface area contributed by atoms with Crippen molar-refractivity contribution in [3.05, 3.63) is 71.9 Å². The smallest absolute Gasteiger partial charge is 0.187 e. The Bertz CT molecular complexity index is 687. The minimum Gasteiger partial charge on any atom is -0.494 e. The maximum atomic E-state index is 12.2. The molecule has 0 aliphatic rings. The SMILES string of the molecule is CCCCOc1ccc(C(=O)/C=C/Nc2ccc(CCCC)cc2)cc1. The van der Waals surface area contributed by atoms with Gasteiger partial charge in [0, 0.05) is 23.5 Å². The van der Waals surface area contributed by atoms with E-state index in [-0.39, 0.29) is 5.78 Å². The largest absolute Gasteiger partial charge is 0.494 e. The first kappa shape index (κ1) is 19.8. The number of ketones is 1. The van der Waals surface area contributed by atoms with Crippen LogP contribution in [0.5, 0.6) is 5.75 Å². The molecule has 0 fully saturated rings. The van der Waals surface area contributed by atoms with Crippen molar-refractivity contribution in [3.63, 3.8) is 0 Å². The number of anilines is 1. The molecule has 2 aromatic rings. The van der Waals surface area contributed by atoms with Crippen LogP contribution in [0.25, 0.3) is 0 Å². The van der Waals surface area contributed by atoms with Crippen molar-refractivity contribution < 1.29 is 9.53 Å². The van der Waals surface area contributed by atoms with Gasteiger partial charge in [0.05, 0.1) is 6.61 Å². The number of hydrogen-bond acceptors (Lipinski definition) is 3. The van der Waals surface area contributed by atoms with Crippen LogP contribution in [0, 0.1) is 0 Å². The third kappa shape index (κ3) is 6.75.